The summed E-state index contributed by atoms with van der Waals surface area (Å²) in [5.41, 5.74) is 0.947. The molecule has 0 radical (unpaired) electrons. The second-order valence-corrected chi connectivity index (χ2v) is 2.98. The first-order valence-electron chi connectivity index (χ1n) is 4.90. The van der Waals surface area contributed by atoms with Gasteiger partial charge in [0.15, 0.2) is 0 Å². The topological polar surface area (TPSA) is 21.3 Å². The van der Waals surface area contributed by atoms with E-state index in [1.54, 1.807) is 12.1 Å². The Balaban J connectivity index is 2.15. The van der Waals surface area contributed by atoms with Crippen LogP contribution in [0.2, 0.25) is 0 Å². The van der Waals surface area contributed by atoms with E-state index in [-0.39, 0.29) is 5.82 Å². The number of benzene rings is 1. The molecule has 0 spiro atoms. The van der Waals surface area contributed by atoms with E-state index in [0.717, 1.165) is 31.9 Å². The molecule has 0 atom stereocenters. The van der Waals surface area contributed by atoms with Crippen LogP contribution in [0.5, 0.6) is 0 Å². The first kappa shape index (κ1) is 11.0. The lowest BCUT2D eigenvalue weighted by molar-refractivity contribution is 0.147. The normalized spacial score (nSPS) is 10.1. The smallest absolute Gasteiger partial charge is 0.123 e. The molecule has 2 nitrogen and oxygen atoms in total. The monoisotopic (exact) mass is 197 g/mol. The van der Waals surface area contributed by atoms with E-state index >= 15 is 0 Å². The summed E-state index contributed by atoms with van der Waals surface area (Å²) in [6.07, 6.45) is 0.964. The van der Waals surface area contributed by atoms with Crippen molar-refractivity contribution in [2.75, 3.05) is 25.1 Å². The molecule has 1 aromatic rings. The lowest BCUT2D eigenvalue weighted by atomic mass is 10.3. The van der Waals surface area contributed by atoms with Gasteiger partial charge in [0.1, 0.15) is 5.82 Å². The summed E-state index contributed by atoms with van der Waals surface area (Å²) in [6.45, 7) is 4.36. The minimum Gasteiger partial charge on any atom is -0.385 e. The number of halogens is 1. The minimum atomic E-state index is -0.204. The molecule has 0 saturated heterocycles. The standard InChI is InChI=1S/C11H16FNO/c1-2-14-9-3-8-13-11-6-4-10(12)5-7-11/h4-7,13H,2-3,8-9H2,1H3. The van der Waals surface area contributed by atoms with Crippen LogP contribution < -0.4 is 5.32 Å². The van der Waals surface area contributed by atoms with Crippen LogP contribution in [0, 0.1) is 5.82 Å². The van der Waals surface area contributed by atoms with E-state index in [1.807, 2.05) is 6.92 Å². The Hall–Kier alpha value is -1.09. The van der Waals surface area contributed by atoms with Crippen molar-refractivity contribution >= 4 is 5.69 Å². The van der Waals surface area contributed by atoms with Crippen molar-refractivity contribution in [1.82, 2.24) is 0 Å². The summed E-state index contributed by atoms with van der Waals surface area (Å²) in [6, 6.07) is 6.36. The first-order valence-corrected chi connectivity index (χ1v) is 4.90. The van der Waals surface area contributed by atoms with Crippen LogP contribution in [0.3, 0.4) is 0 Å². The van der Waals surface area contributed by atoms with Crippen molar-refractivity contribution in [1.29, 1.82) is 0 Å². The molecule has 1 rings (SSSR count). The Kier molecular flexibility index (Phi) is 5.00. The van der Waals surface area contributed by atoms with Gasteiger partial charge in [-0.3, -0.25) is 0 Å². The average Bonchev–Trinajstić information content (AvgIpc) is 2.21. The second kappa shape index (κ2) is 6.38. The SMILES string of the molecule is CCOCCCNc1ccc(F)cc1. The molecule has 3 heteroatoms. The summed E-state index contributed by atoms with van der Waals surface area (Å²) in [4.78, 5) is 0. The van der Waals surface area contributed by atoms with Gasteiger partial charge >= 0.3 is 0 Å². The van der Waals surface area contributed by atoms with Crippen LogP contribution in [-0.2, 0) is 4.74 Å². The molecule has 0 amide bonds. The van der Waals surface area contributed by atoms with Crippen LogP contribution in [0.25, 0.3) is 0 Å². The van der Waals surface area contributed by atoms with Crippen LogP contribution >= 0.6 is 0 Å². The van der Waals surface area contributed by atoms with Crippen molar-refractivity contribution in [3.05, 3.63) is 30.1 Å². The molecule has 0 aliphatic rings. The number of hydrogen-bond donors (Lipinski definition) is 1. The van der Waals surface area contributed by atoms with Crippen molar-refractivity contribution in [3.63, 3.8) is 0 Å². The average molecular weight is 197 g/mol. The van der Waals surface area contributed by atoms with Gasteiger partial charge in [-0.05, 0) is 37.6 Å². The summed E-state index contributed by atoms with van der Waals surface area (Å²) >= 11 is 0. The van der Waals surface area contributed by atoms with Crippen LogP contribution in [0.15, 0.2) is 24.3 Å². The molecular weight excluding hydrogens is 181 g/mol. The van der Waals surface area contributed by atoms with Gasteiger partial charge < -0.3 is 10.1 Å². The lowest BCUT2D eigenvalue weighted by Gasteiger charge is -2.05. The predicted molar refractivity (Wildman–Crippen MR) is 56.0 cm³/mol. The summed E-state index contributed by atoms with van der Waals surface area (Å²) < 4.78 is 17.7. The maximum absolute atomic E-state index is 12.5. The Morgan fingerprint density at radius 2 is 2.00 bits per heavy atom. The third kappa shape index (κ3) is 4.23. The highest BCUT2D eigenvalue weighted by Gasteiger charge is 1.92. The largest absolute Gasteiger partial charge is 0.385 e. The molecule has 1 aromatic carbocycles. The van der Waals surface area contributed by atoms with E-state index in [2.05, 4.69) is 5.32 Å². The lowest BCUT2D eigenvalue weighted by Crippen LogP contribution is -2.05. The first-order chi connectivity index (χ1) is 6.83. The number of hydrogen-bond acceptors (Lipinski definition) is 2. The summed E-state index contributed by atoms with van der Waals surface area (Å²) in [5.74, 6) is -0.204. The van der Waals surface area contributed by atoms with E-state index in [1.165, 1.54) is 12.1 Å². The fourth-order valence-electron chi connectivity index (χ4n) is 1.12. The highest BCUT2D eigenvalue weighted by molar-refractivity contribution is 5.42. The highest BCUT2D eigenvalue weighted by atomic mass is 19.1. The molecule has 0 heterocycles. The van der Waals surface area contributed by atoms with Gasteiger partial charge in [0.05, 0.1) is 0 Å². The summed E-state index contributed by atoms with van der Waals surface area (Å²) in [5, 5.41) is 3.18. The van der Waals surface area contributed by atoms with Crippen molar-refractivity contribution in [3.8, 4) is 0 Å². The Bertz CT molecular complexity index is 248. The van der Waals surface area contributed by atoms with E-state index in [0.29, 0.717) is 0 Å². The van der Waals surface area contributed by atoms with Gasteiger partial charge in [-0.2, -0.15) is 0 Å². The quantitative estimate of drug-likeness (QED) is 0.708. The number of nitrogens with one attached hydrogen (secondary N) is 1. The zero-order valence-electron chi connectivity index (χ0n) is 8.42. The molecule has 0 aliphatic carbocycles. The fraction of sp³-hybridized carbons (Fsp3) is 0.455. The maximum atomic E-state index is 12.5. The molecule has 0 aliphatic heterocycles. The summed E-state index contributed by atoms with van der Waals surface area (Å²) in [7, 11) is 0. The van der Waals surface area contributed by atoms with E-state index in [9.17, 15) is 4.39 Å². The number of ether oxygens (including phenoxy) is 1. The van der Waals surface area contributed by atoms with Crippen LogP contribution in [-0.4, -0.2) is 19.8 Å². The van der Waals surface area contributed by atoms with E-state index in [4.69, 9.17) is 4.74 Å². The number of anilines is 1. The van der Waals surface area contributed by atoms with Gasteiger partial charge in [0, 0.05) is 25.4 Å². The highest BCUT2D eigenvalue weighted by Crippen LogP contribution is 2.07. The molecule has 0 saturated carbocycles. The molecule has 0 unspecified atom stereocenters. The third-order valence-corrected chi connectivity index (χ3v) is 1.84. The second-order valence-electron chi connectivity index (χ2n) is 2.98. The molecule has 1 N–H and O–H groups in total. The molecule has 0 aromatic heterocycles. The Labute approximate surface area is 84.1 Å². The fourth-order valence-corrected chi connectivity index (χ4v) is 1.12. The van der Waals surface area contributed by atoms with Gasteiger partial charge in [-0.15, -0.1) is 0 Å². The molecular formula is C11H16FNO. The van der Waals surface area contributed by atoms with Crippen molar-refractivity contribution < 1.29 is 9.13 Å². The molecule has 0 bridgehead atoms. The third-order valence-electron chi connectivity index (χ3n) is 1.84. The van der Waals surface area contributed by atoms with Crippen LogP contribution in [0.4, 0.5) is 10.1 Å². The molecule has 78 valence electrons. The maximum Gasteiger partial charge on any atom is 0.123 e. The number of rotatable bonds is 6. The van der Waals surface area contributed by atoms with Gasteiger partial charge in [0.2, 0.25) is 0 Å². The van der Waals surface area contributed by atoms with Crippen molar-refractivity contribution in [2.45, 2.75) is 13.3 Å². The Morgan fingerprint density at radius 3 is 2.64 bits per heavy atom. The van der Waals surface area contributed by atoms with Gasteiger partial charge in [-0.1, -0.05) is 0 Å². The van der Waals surface area contributed by atoms with Gasteiger partial charge in [-0.25, -0.2) is 4.39 Å². The Morgan fingerprint density at radius 1 is 1.29 bits per heavy atom. The van der Waals surface area contributed by atoms with Crippen molar-refractivity contribution in [2.24, 2.45) is 0 Å². The predicted octanol–water partition coefficient (Wildman–Crippen LogP) is 2.66. The molecule has 0 fully saturated rings. The minimum absolute atomic E-state index is 0.204. The van der Waals surface area contributed by atoms with Crippen LogP contribution in [0.1, 0.15) is 13.3 Å². The zero-order chi connectivity index (χ0) is 10.2. The zero-order valence-corrected chi connectivity index (χ0v) is 8.42. The van der Waals surface area contributed by atoms with Gasteiger partial charge in [0.25, 0.3) is 0 Å². The van der Waals surface area contributed by atoms with E-state index < -0.39 is 0 Å². The molecule has 14 heavy (non-hydrogen) atoms.